The van der Waals surface area contributed by atoms with Gasteiger partial charge in [-0.2, -0.15) is 0 Å². The Morgan fingerprint density at radius 3 is 2.60 bits per heavy atom. The fourth-order valence-corrected chi connectivity index (χ4v) is 4.67. The van der Waals surface area contributed by atoms with Crippen molar-refractivity contribution in [2.45, 2.75) is 39.3 Å². The molecule has 4 rings (SSSR count). The number of amides is 2. The summed E-state index contributed by atoms with van der Waals surface area (Å²) in [5, 5.41) is 6.37. The molecule has 1 fully saturated rings. The van der Waals surface area contributed by atoms with Crippen molar-refractivity contribution in [1.29, 1.82) is 0 Å². The number of nitrogens with two attached hydrogens (primary N) is 2. The van der Waals surface area contributed by atoms with Crippen molar-refractivity contribution in [3.05, 3.63) is 53.6 Å². The van der Waals surface area contributed by atoms with Gasteiger partial charge in [-0.1, -0.05) is 12.2 Å². The summed E-state index contributed by atoms with van der Waals surface area (Å²) >= 11 is 0. The summed E-state index contributed by atoms with van der Waals surface area (Å²) in [5.74, 6) is 0.816. The van der Waals surface area contributed by atoms with Gasteiger partial charge in [-0.15, -0.1) is 0 Å². The highest BCUT2D eigenvalue weighted by atomic mass is 16.6. The number of carbonyl (C=O) groups excluding carboxylic acids is 3. The van der Waals surface area contributed by atoms with E-state index in [2.05, 4.69) is 15.6 Å². The third-order valence-electron chi connectivity index (χ3n) is 6.79. The second-order valence-corrected chi connectivity index (χ2v) is 11.2. The third-order valence-corrected chi connectivity index (χ3v) is 6.79. The molecule has 3 aromatic rings. The van der Waals surface area contributed by atoms with Gasteiger partial charge >= 0.3 is 6.09 Å². The third kappa shape index (κ3) is 7.31. The van der Waals surface area contributed by atoms with Crippen LogP contribution in [-0.2, 0) is 11.3 Å². The van der Waals surface area contributed by atoms with Crippen LogP contribution >= 0.6 is 0 Å². The minimum Gasteiger partial charge on any atom is -0.491 e. The lowest BCUT2D eigenvalue weighted by Crippen LogP contribution is -2.51. The van der Waals surface area contributed by atoms with E-state index in [-0.39, 0.29) is 11.7 Å². The van der Waals surface area contributed by atoms with Crippen LogP contribution in [0.15, 0.2) is 42.5 Å². The summed E-state index contributed by atoms with van der Waals surface area (Å²) in [6.07, 6.45) is 5.16. The molecule has 12 nitrogen and oxygen atoms in total. The van der Waals surface area contributed by atoms with E-state index in [4.69, 9.17) is 20.9 Å². The maximum Gasteiger partial charge on any atom is 0.410 e. The largest absolute Gasteiger partial charge is 0.491 e. The SMILES string of the molecule is CNc1nc2cc(C=O)ccc2n1C/C=C/CNc1c(N)cc(C(N)=O)cc1OCCC1CN(C(=O)OC(C)(C)C)C1. The van der Waals surface area contributed by atoms with E-state index < -0.39 is 11.5 Å². The van der Waals surface area contributed by atoms with Gasteiger partial charge in [0.25, 0.3) is 0 Å². The van der Waals surface area contributed by atoms with Gasteiger partial charge in [0.2, 0.25) is 11.9 Å². The Bertz CT molecular complexity index is 1490. The molecule has 1 aromatic heterocycles. The van der Waals surface area contributed by atoms with Crippen LogP contribution in [0.2, 0.25) is 0 Å². The molecule has 42 heavy (non-hydrogen) atoms. The number of hydrogen-bond donors (Lipinski definition) is 4. The number of likely N-dealkylation sites (tertiary alicyclic amines) is 1. The average molecular weight is 578 g/mol. The highest BCUT2D eigenvalue weighted by Crippen LogP contribution is 2.33. The lowest BCUT2D eigenvalue weighted by molar-refractivity contribution is -0.00382. The Labute approximate surface area is 245 Å². The van der Waals surface area contributed by atoms with E-state index in [1.54, 1.807) is 30.1 Å². The number of aldehydes is 1. The fourth-order valence-electron chi connectivity index (χ4n) is 4.67. The average Bonchev–Trinajstić information content (AvgIpc) is 3.26. The molecule has 0 saturated carbocycles. The molecule has 1 aliphatic rings. The number of allylic oxidation sites excluding steroid dienone is 1. The number of benzene rings is 2. The molecule has 0 radical (unpaired) electrons. The van der Waals surface area contributed by atoms with Gasteiger partial charge in [0, 0.05) is 44.4 Å². The monoisotopic (exact) mass is 577 g/mol. The zero-order valence-corrected chi connectivity index (χ0v) is 24.5. The van der Waals surface area contributed by atoms with Crippen LogP contribution < -0.4 is 26.8 Å². The van der Waals surface area contributed by atoms with Crippen molar-refractivity contribution in [2.75, 3.05) is 49.7 Å². The summed E-state index contributed by atoms with van der Waals surface area (Å²) in [5.41, 5.74) is 14.6. The molecule has 2 amide bonds. The summed E-state index contributed by atoms with van der Waals surface area (Å²) in [6, 6.07) is 8.51. The number of anilines is 3. The molecule has 0 bridgehead atoms. The standard InChI is InChI=1S/C30H39N7O5/c1-30(2,3)42-29(40)36-16-20(17-36)9-12-41-25-15-21(27(32)39)14-22(31)26(25)34-10-5-6-11-37-24-8-7-19(18-38)13-23(24)35-28(37)33-4/h5-8,13-15,18,20,34H,9-12,16-17,31H2,1-4H3,(H2,32,39)(H,33,35)/b6-5+. The van der Waals surface area contributed by atoms with Crippen molar-refractivity contribution in [1.82, 2.24) is 14.5 Å². The zero-order chi connectivity index (χ0) is 30.4. The molecule has 1 aliphatic heterocycles. The van der Waals surface area contributed by atoms with Crippen LogP contribution in [0.3, 0.4) is 0 Å². The molecular formula is C30H39N7O5. The van der Waals surface area contributed by atoms with E-state index in [0.717, 1.165) is 23.7 Å². The number of fused-ring (bicyclic) bond motifs is 1. The Morgan fingerprint density at radius 2 is 1.93 bits per heavy atom. The molecule has 1 saturated heterocycles. The number of nitrogen functional groups attached to an aromatic ring is 1. The number of primary amides is 1. The van der Waals surface area contributed by atoms with E-state index in [0.29, 0.717) is 67.3 Å². The van der Waals surface area contributed by atoms with Gasteiger partial charge in [0.05, 0.1) is 23.3 Å². The molecule has 12 heteroatoms. The lowest BCUT2D eigenvalue weighted by atomic mass is 9.97. The van der Waals surface area contributed by atoms with Crippen LogP contribution in [0.5, 0.6) is 5.75 Å². The van der Waals surface area contributed by atoms with Crippen LogP contribution in [-0.4, -0.2) is 71.6 Å². The van der Waals surface area contributed by atoms with E-state index >= 15 is 0 Å². The first kappa shape index (κ1) is 30.2. The van der Waals surface area contributed by atoms with Crippen LogP contribution in [0.1, 0.15) is 47.9 Å². The first-order valence-corrected chi connectivity index (χ1v) is 13.8. The number of rotatable bonds is 12. The number of ether oxygens (including phenoxy) is 2. The first-order chi connectivity index (χ1) is 20.0. The van der Waals surface area contributed by atoms with Crippen LogP contribution in [0.25, 0.3) is 11.0 Å². The summed E-state index contributed by atoms with van der Waals surface area (Å²) in [7, 11) is 1.80. The number of aromatic nitrogens is 2. The summed E-state index contributed by atoms with van der Waals surface area (Å²) < 4.78 is 13.5. The number of nitrogens with zero attached hydrogens (tertiary/aromatic N) is 3. The molecule has 0 aliphatic carbocycles. The number of carbonyl (C=O) groups is 3. The fraction of sp³-hybridized carbons (Fsp3) is 0.400. The number of nitrogens with one attached hydrogen (secondary N) is 2. The smallest absolute Gasteiger partial charge is 0.410 e. The zero-order valence-electron chi connectivity index (χ0n) is 24.5. The number of hydrogen-bond acceptors (Lipinski definition) is 9. The minimum absolute atomic E-state index is 0.257. The molecule has 6 N–H and O–H groups in total. The maximum absolute atomic E-state index is 12.2. The van der Waals surface area contributed by atoms with Crippen molar-refractivity contribution in [3.63, 3.8) is 0 Å². The van der Waals surface area contributed by atoms with Crippen molar-refractivity contribution in [2.24, 2.45) is 11.7 Å². The Balaban J connectivity index is 1.35. The van der Waals surface area contributed by atoms with Gasteiger partial charge in [-0.3, -0.25) is 9.59 Å². The molecule has 0 spiro atoms. The van der Waals surface area contributed by atoms with E-state index in [1.807, 2.05) is 43.6 Å². The van der Waals surface area contributed by atoms with Crippen LogP contribution in [0, 0.1) is 5.92 Å². The minimum atomic E-state index is -0.599. The van der Waals surface area contributed by atoms with Gasteiger partial charge < -0.3 is 41.0 Å². The molecule has 224 valence electrons. The topological polar surface area (TPSA) is 167 Å². The Hall–Kier alpha value is -4.74. The van der Waals surface area contributed by atoms with E-state index in [1.165, 1.54) is 6.07 Å². The quantitative estimate of drug-likeness (QED) is 0.142. The summed E-state index contributed by atoms with van der Waals surface area (Å²) in [6.45, 7) is 8.13. The molecule has 2 aromatic carbocycles. The first-order valence-electron chi connectivity index (χ1n) is 13.8. The normalized spacial score (nSPS) is 13.7. The van der Waals surface area contributed by atoms with Crippen LogP contribution in [0.4, 0.5) is 22.1 Å². The van der Waals surface area contributed by atoms with Gasteiger partial charge in [0.15, 0.2) is 0 Å². The van der Waals surface area contributed by atoms with Gasteiger partial charge in [0.1, 0.15) is 23.3 Å². The molecule has 0 atom stereocenters. The van der Waals surface area contributed by atoms with Gasteiger partial charge in [-0.05, 0) is 63.4 Å². The Kier molecular flexibility index (Phi) is 9.24. The lowest BCUT2D eigenvalue weighted by Gasteiger charge is -2.39. The predicted octanol–water partition coefficient (Wildman–Crippen LogP) is 3.88. The van der Waals surface area contributed by atoms with E-state index in [9.17, 15) is 14.4 Å². The van der Waals surface area contributed by atoms with Gasteiger partial charge in [-0.25, -0.2) is 9.78 Å². The highest BCUT2D eigenvalue weighted by molar-refractivity contribution is 5.96. The molecule has 2 heterocycles. The van der Waals surface area contributed by atoms with Crippen molar-refractivity contribution >= 4 is 46.6 Å². The van der Waals surface area contributed by atoms with Crippen molar-refractivity contribution < 1.29 is 23.9 Å². The maximum atomic E-state index is 12.2. The van der Waals surface area contributed by atoms with Crippen molar-refractivity contribution in [3.8, 4) is 5.75 Å². The molecular weight excluding hydrogens is 538 g/mol. The Morgan fingerprint density at radius 1 is 1.17 bits per heavy atom. The number of imidazole rings is 1. The second kappa shape index (κ2) is 12.8. The summed E-state index contributed by atoms with van der Waals surface area (Å²) in [4.78, 5) is 41.4. The predicted molar refractivity (Wildman–Crippen MR) is 163 cm³/mol. The second-order valence-electron chi connectivity index (χ2n) is 11.2. The highest BCUT2D eigenvalue weighted by Gasteiger charge is 2.33. The molecule has 0 unspecified atom stereocenters.